The van der Waals surface area contributed by atoms with E-state index in [1.54, 1.807) is 6.92 Å². The van der Waals surface area contributed by atoms with Crippen molar-refractivity contribution < 1.29 is 54.5 Å². The summed E-state index contributed by atoms with van der Waals surface area (Å²) in [6.07, 6.45) is -0.219. The number of ether oxygens (including phenoxy) is 2. The van der Waals surface area contributed by atoms with E-state index < -0.39 is 74.4 Å². The Balaban J connectivity index is 5.52. The van der Waals surface area contributed by atoms with E-state index in [1.165, 1.54) is 25.5 Å². The molecule has 0 aromatic carbocycles. The molecule has 0 fully saturated rings. The molecule has 0 heterocycles. The summed E-state index contributed by atoms with van der Waals surface area (Å²) < 4.78 is 91.0. The third-order valence-corrected chi connectivity index (χ3v) is 6.93. The minimum atomic E-state index is -5.61. The molecule has 3 N–H and O–H groups in total. The van der Waals surface area contributed by atoms with E-state index in [9.17, 15) is 39.9 Å². The molecule has 15 heteroatoms. The van der Waals surface area contributed by atoms with Gasteiger partial charge in [-0.25, -0.2) is 17.3 Å². The molecule has 0 rings (SSSR count). The second-order valence-corrected chi connectivity index (χ2v) is 10.9. The van der Waals surface area contributed by atoms with Gasteiger partial charge in [0.05, 0.1) is 22.7 Å². The van der Waals surface area contributed by atoms with E-state index in [2.05, 4.69) is 0 Å². The number of esters is 2. The Hall–Kier alpha value is -1.29. The second kappa shape index (κ2) is 12.3. The lowest BCUT2D eigenvalue weighted by molar-refractivity contribution is -0.164. The summed E-state index contributed by atoms with van der Waals surface area (Å²) in [5.41, 5.74) is -8.31. The monoisotopic (exact) mass is 513 g/mol. The lowest BCUT2D eigenvalue weighted by Crippen LogP contribution is -2.43. The molecule has 0 spiro atoms. The highest BCUT2D eigenvalue weighted by Crippen LogP contribution is 2.42. The van der Waals surface area contributed by atoms with Gasteiger partial charge in [-0.05, 0) is 40.0 Å². The van der Waals surface area contributed by atoms with Gasteiger partial charge in [-0.3, -0.25) is 9.59 Å². The topological polar surface area (TPSA) is 156 Å². The van der Waals surface area contributed by atoms with Gasteiger partial charge in [0.25, 0.3) is 0 Å². The standard InChI is InChI=1S/C17H30F3NO9S2/c1-5-15(3,13(23)30-9-7-22)11-16(4,10-12(2)31(25)26)14(24)29-8-6-21-32(27,28)17(18,19)20/h12,21-22H,5-11H2,1-4H3,(H,25,26). The van der Waals surface area contributed by atoms with E-state index >= 15 is 0 Å². The molecule has 0 aliphatic carbocycles. The van der Waals surface area contributed by atoms with Crippen molar-refractivity contribution in [3.63, 3.8) is 0 Å². The van der Waals surface area contributed by atoms with Crippen molar-refractivity contribution in [3.05, 3.63) is 0 Å². The first-order valence-electron chi connectivity index (χ1n) is 9.56. The fourth-order valence-electron chi connectivity index (χ4n) is 3.02. The number of halogens is 3. The molecule has 190 valence electrons. The maximum atomic E-state index is 12.8. The smallest absolute Gasteiger partial charge is 0.464 e. The summed E-state index contributed by atoms with van der Waals surface area (Å²) >= 11 is -2.32. The fourth-order valence-corrected chi connectivity index (χ4v) is 4.05. The van der Waals surface area contributed by atoms with Crippen LogP contribution in [0.3, 0.4) is 0 Å². The zero-order valence-corrected chi connectivity index (χ0v) is 19.9. The number of rotatable bonds is 14. The van der Waals surface area contributed by atoms with Gasteiger partial charge in [0.2, 0.25) is 0 Å². The number of hydrogen-bond acceptors (Lipinski definition) is 8. The third kappa shape index (κ3) is 8.92. The molecule has 0 bridgehead atoms. The Morgan fingerprint density at radius 2 is 1.59 bits per heavy atom. The number of carbonyl (C=O) groups excluding carboxylic acids is 2. The molecule has 10 nitrogen and oxygen atoms in total. The molecule has 0 aromatic heterocycles. The lowest BCUT2D eigenvalue weighted by Gasteiger charge is -2.37. The number of aliphatic hydroxyl groups is 1. The predicted octanol–water partition coefficient (Wildman–Crippen LogP) is 1.32. The predicted molar refractivity (Wildman–Crippen MR) is 108 cm³/mol. The zero-order valence-electron chi connectivity index (χ0n) is 18.2. The van der Waals surface area contributed by atoms with Gasteiger partial charge in [-0.2, -0.15) is 13.2 Å². The Labute approximate surface area is 187 Å². The van der Waals surface area contributed by atoms with Crippen LogP contribution in [-0.2, 0) is 40.2 Å². The van der Waals surface area contributed by atoms with Crippen LogP contribution in [0.2, 0.25) is 0 Å². The molecule has 0 saturated heterocycles. The number of aliphatic hydroxyl groups excluding tert-OH is 1. The third-order valence-electron chi connectivity index (χ3n) is 4.88. The van der Waals surface area contributed by atoms with Crippen LogP contribution in [0.5, 0.6) is 0 Å². The molecular weight excluding hydrogens is 483 g/mol. The Morgan fingerprint density at radius 1 is 1.09 bits per heavy atom. The molecule has 4 unspecified atom stereocenters. The number of nitrogens with one attached hydrogen (secondary N) is 1. The fraction of sp³-hybridized carbons (Fsp3) is 0.882. The van der Waals surface area contributed by atoms with Crippen LogP contribution in [0.1, 0.15) is 47.0 Å². The quantitative estimate of drug-likeness (QED) is 0.177. The van der Waals surface area contributed by atoms with Crippen molar-refractivity contribution in [3.8, 4) is 0 Å². The Kier molecular flexibility index (Phi) is 11.8. The SMILES string of the molecule is CCC(C)(CC(C)(CC(C)S(=O)O)C(=O)OCCNS(=O)(=O)C(F)(F)F)C(=O)OCCO. The summed E-state index contributed by atoms with van der Waals surface area (Å²) in [6.45, 7) is 3.61. The molecule has 0 saturated carbocycles. The van der Waals surface area contributed by atoms with Gasteiger partial charge >= 0.3 is 27.5 Å². The van der Waals surface area contributed by atoms with Crippen molar-refractivity contribution in [2.75, 3.05) is 26.4 Å². The van der Waals surface area contributed by atoms with E-state index in [-0.39, 0.29) is 25.9 Å². The Morgan fingerprint density at radius 3 is 2.03 bits per heavy atom. The summed E-state index contributed by atoms with van der Waals surface area (Å²) in [7, 11) is -5.61. The van der Waals surface area contributed by atoms with E-state index in [0.29, 0.717) is 0 Å². The van der Waals surface area contributed by atoms with Gasteiger partial charge in [0.1, 0.15) is 13.2 Å². The highest BCUT2D eigenvalue weighted by molar-refractivity contribution is 7.90. The highest BCUT2D eigenvalue weighted by atomic mass is 32.2. The van der Waals surface area contributed by atoms with Crippen LogP contribution in [0.4, 0.5) is 13.2 Å². The van der Waals surface area contributed by atoms with Crippen molar-refractivity contribution in [2.24, 2.45) is 10.8 Å². The molecule has 4 atom stereocenters. The first kappa shape index (κ1) is 30.7. The van der Waals surface area contributed by atoms with Crippen LogP contribution < -0.4 is 4.72 Å². The van der Waals surface area contributed by atoms with Gasteiger partial charge in [-0.1, -0.05) is 6.92 Å². The summed E-state index contributed by atoms with van der Waals surface area (Å²) in [5, 5.41) is 7.93. The van der Waals surface area contributed by atoms with Crippen molar-refractivity contribution in [2.45, 2.75) is 57.7 Å². The first-order chi connectivity index (χ1) is 14.5. The average Bonchev–Trinajstić information content (AvgIpc) is 2.67. The minimum Gasteiger partial charge on any atom is -0.464 e. The summed E-state index contributed by atoms with van der Waals surface area (Å²) in [5.74, 6) is -1.71. The maximum Gasteiger partial charge on any atom is 0.511 e. The Bertz CT molecular complexity index is 776. The largest absolute Gasteiger partial charge is 0.511 e. The van der Waals surface area contributed by atoms with Crippen molar-refractivity contribution in [1.82, 2.24) is 4.72 Å². The van der Waals surface area contributed by atoms with Crippen LogP contribution in [-0.4, -0.2) is 71.3 Å². The zero-order chi connectivity index (χ0) is 25.4. The van der Waals surface area contributed by atoms with Crippen molar-refractivity contribution in [1.29, 1.82) is 0 Å². The molecule has 0 aromatic rings. The average molecular weight is 514 g/mol. The normalized spacial score (nSPS) is 18.2. The van der Waals surface area contributed by atoms with Crippen LogP contribution in [0, 0.1) is 10.8 Å². The molecule has 0 aliphatic heterocycles. The maximum absolute atomic E-state index is 12.8. The second-order valence-electron chi connectivity index (χ2n) is 7.78. The molecule has 0 aliphatic rings. The molecular formula is C17H30F3NO9S2. The van der Waals surface area contributed by atoms with Gasteiger partial charge < -0.3 is 19.1 Å². The molecule has 32 heavy (non-hydrogen) atoms. The van der Waals surface area contributed by atoms with Crippen molar-refractivity contribution >= 4 is 33.0 Å². The van der Waals surface area contributed by atoms with Gasteiger partial charge in [0.15, 0.2) is 11.1 Å². The molecule has 0 radical (unpaired) electrons. The van der Waals surface area contributed by atoms with Gasteiger partial charge in [0, 0.05) is 6.54 Å². The van der Waals surface area contributed by atoms with E-state index in [1.807, 2.05) is 0 Å². The minimum absolute atomic E-state index is 0.197. The van der Waals surface area contributed by atoms with Crippen LogP contribution in [0.25, 0.3) is 0 Å². The molecule has 0 amide bonds. The lowest BCUT2D eigenvalue weighted by atomic mass is 9.69. The summed E-state index contributed by atoms with van der Waals surface area (Å²) in [6, 6.07) is 0. The van der Waals surface area contributed by atoms with Gasteiger partial charge in [-0.15, -0.1) is 0 Å². The van der Waals surface area contributed by atoms with Crippen LogP contribution >= 0.6 is 0 Å². The number of carbonyl (C=O) groups is 2. The highest BCUT2D eigenvalue weighted by Gasteiger charge is 2.47. The van der Waals surface area contributed by atoms with E-state index in [4.69, 9.17) is 14.6 Å². The van der Waals surface area contributed by atoms with E-state index in [0.717, 1.165) is 0 Å². The first-order valence-corrected chi connectivity index (χ1v) is 12.2. The summed E-state index contributed by atoms with van der Waals surface area (Å²) in [4.78, 5) is 25.2. The number of alkyl halides is 3. The van der Waals surface area contributed by atoms with Crippen LogP contribution in [0.15, 0.2) is 0 Å². The number of sulfonamides is 1. The number of hydrogen-bond donors (Lipinski definition) is 3.